The summed E-state index contributed by atoms with van der Waals surface area (Å²) in [6.45, 7) is 1.70. The molecule has 0 aromatic heterocycles. The lowest BCUT2D eigenvalue weighted by Gasteiger charge is -2.21. The molecule has 0 aliphatic heterocycles. The molecular weight excluding hydrogens is 352 g/mol. The summed E-state index contributed by atoms with van der Waals surface area (Å²) >= 11 is 6.02. The highest BCUT2D eigenvalue weighted by atomic mass is 35.5. The van der Waals surface area contributed by atoms with Gasteiger partial charge in [0, 0.05) is 12.6 Å². The van der Waals surface area contributed by atoms with Crippen LogP contribution in [0.1, 0.15) is 32.6 Å². The molecule has 1 saturated carbocycles. The van der Waals surface area contributed by atoms with Crippen LogP contribution in [0.15, 0.2) is 23.1 Å². The predicted octanol–water partition coefficient (Wildman–Crippen LogP) is 2.42. The number of halogens is 1. The molecule has 134 valence electrons. The summed E-state index contributed by atoms with van der Waals surface area (Å²) in [5.74, 6) is 0.129. The van der Waals surface area contributed by atoms with Crippen LogP contribution in [0.5, 0.6) is 5.75 Å². The molecule has 1 aromatic rings. The number of ether oxygens (including phenoxy) is 1. The van der Waals surface area contributed by atoms with Crippen molar-refractivity contribution in [2.24, 2.45) is 0 Å². The molecule has 0 unspecified atom stereocenters. The molecule has 0 radical (unpaired) electrons. The Balaban J connectivity index is 2.12. The van der Waals surface area contributed by atoms with Gasteiger partial charge in [0.25, 0.3) is 0 Å². The lowest BCUT2D eigenvalue weighted by molar-refractivity contribution is -0.121. The van der Waals surface area contributed by atoms with Gasteiger partial charge in [-0.15, -0.1) is 0 Å². The summed E-state index contributed by atoms with van der Waals surface area (Å²) in [6.07, 6.45) is 4.12. The van der Waals surface area contributed by atoms with E-state index in [9.17, 15) is 13.2 Å². The van der Waals surface area contributed by atoms with E-state index < -0.39 is 10.0 Å². The maximum atomic E-state index is 12.7. The monoisotopic (exact) mass is 374 g/mol. The Morgan fingerprint density at radius 3 is 2.58 bits per heavy atom. The van der Waals surface area contributed by atoms with Gasteiger partial charge in [-0.05, 0) is 31.0 Å². The Kier molecular flexibility index (Phi) is 6.48. The molecule has 8 heteroatoms. The first-order valence-corrected chi connectivity index (χ1v) is 9.83. The van der Waals surface area contributed by atoms with Crippen molar-refractivity contribution >= 4 is 27.5 Å². The minimum Gasteiger partial charge on any atom is -0.495 e. The van der Waals surface area contributed by atoms with Crippen molar-refractivity contribution in [2.45, 2.75) is 43.5 Å². The van der Waals surface area contributed by atoms with Gasteiger partial charge in [0.1, 0.15) is 5.75 Å². The fourth-order valence-electron chi connectivity index (χ4n) is 2.83. The molecule has 24 heavy (non-hydrogen) atoms. The van der Waals surface area contributed by atoms with Gasteiger partial charge in [0.05, 0.1) is 23.6 Å². The molecule has 1 fully saturated rings. The summed E-state index contributed by atoms with van der Waals surface area (Å²) in [6, 6.07) is 4.43. The molecule has 2 rings (SSSR count). The Labute approximate surface area is 148 Å². The number of sulfonamides is 1. The second kappa shape index (κ2) is 8.18. The van der Waals surface area contributed by atoms with E-state index in [1.54, 1.807) is 6.92 Å². The summed E-state index contributed by atoms with van der Waals surface area (Å²) < 4.78 is 31.7. The third-order valence-electron chi connectivity index (χ3n) is 4.15. The lowest BCUT2D eigenvalue weighted by Crippen LogP contribution is -2.43. The smallest absolute Gasteiger partial charge is 0.243 e. The molecule has 1 N–H and O–H groups in total. The van der Waals surface area contributed by atoms with Crippen LogP contribution in [0, 0.1) is 0 Å². The fraction of sp³-hybridized carbons (Fsp3) is 0.562. The van der Waals surface area contributed by atoms with E-state index >= 15 is 0 Å². The molecule has 0 saturated heterocycles. The summed E-state index contributed by atoms with van der Waals surface area (Å²) in [4.78, 5) is 12.2. The van der Waals surface area contributed by atoms with Crippen molar-refractivity contribution in [1.82, 2.24) is 9.62 Å². The number of nitrogens with zero attached hydrogens (tertiary/aromatic N) is 1. The minimum atomic E-state index is -3.79. The number of nitrogens with one attached hydrogen (secondary N) is 1. The lowest BCUT2D eigenvalue weighted by atomic mass is 10.2. The van der Waals surface area contributed by atoms with E-state index in [4.69, 9.17) is 16.3 Å². The van der Waals surface area contributed by atoms with Crippen LogP contribution in [0.3, 0.4) is 0 Å². The molecule has 0 heterocycles. The van der Waals surface area contributed by atoms with Gasteiger partial charge in [0.2, 0.25) is 15.9 Å². The van der Waals surface area contributed by atoms with Crippen LogP contribution in [-0.4, -0.2) is 44.9 Å². The first-order chi connectivity index (χ1) is 11.4. The second-order valence-corrected chi connectivity index (χ2v) is 8.12. The average molecular weight is 375 g/mol. The average Bonchev–Trinajstić information content (AvgIpc) is 3.05. The van der Waals surface area contributed by atoms with E-state index in [0.29, 0.717) is 5.75 Å². The van der Waals surface area contributed by atoms with Crippen LogP contribution in [-0.2, 0) is 14.8 Å². The molecule has 1 aliphatic rings. The minimum absolute atomic E-state index is 0.0452. The molecular formula is C16H23ClN2O4S. The Morgan fingerprint density at radius 2 is 2.04 bits per heavy atom. The standard InChI is InChI=1S/C16H23ClN2O4S/c1-3-19(11-16(20)18-12-6-4-5-7-12)24(21,22)13-8-9-15(23-2)14(17)10-13/h8-10,12H,3-7,11H2,1-2H3,(H,18,20). The third kappa shape index (κ3) is 4.40. The zero-order valence-electron chi connectivity index (χ0n) is 13.9. The highest BCUT2D eigenvalue weighted by Crippen LogP contribution is 2.28. The predicted molar refractivity (Wildman–Crippen MR) is 92.8 cm³/mol. The highest BCUT2D eigenvalue weighted by molar-refractivity contribution is 7.89. The van der Waals surface area contributed by atoms with Crippen molar-refractivity contribution < 1.29 is 17.9 Å². The van der Waals surface area contributed by atoms with E-state index in [1.807, 2.05) is 0 Å². The molecule has 1 amide bonds. The summed E-state index contributed by atoms with van der Waals surface area (Å²) in [5, 5.41) is 3.12. The highest BCUT2D eigenvalue weighted by Gasteiger charge is 2.27. The van der Waals surface area contributed by atoms with Crippen molar-refractivity contribution in [3.05, 3.63) is 23.2 Å². The number of hydrogen-bond acceptors (Lipinski definition) is 4. The number of likely N-dealkylation sites (N-methyl/N-ethyl adjacent to an activating group) is 1. The first kappa shape index (κ1) is 19.0. The van der Waals surface area contributed by atoms with E-state index in [1.165, 1.54) is 25.3 Å². The Bertz CT molecular complexity index is 687. The number of methoxy groups -OCH3 is 1. The van der Waals surface area contributed by atoms with E-state index in [-0.39, 0.29) is 35.0 Å². The van der Waals surface area contributed by atoms with Gasteiger partial charge >= 0.3 is 0 Å². The fourth-order valence-corrected chi connectivity index (χ4v) is 4.58. The van der Waals surface area contributed by atoms with Crippen LogP contribution < -0.4 is 10.1 Å². The number of carbonyl (C=O) groups is 1. The largest absolute Gasteiger partial charge is 0.495 e. The molecule has 6 nitrogen and oxygen atoms in total. The molecule has 0 bridgehead atoms. The van der Waals surface area contributed by atoms with Crippen molar-refractivity contribution in [3.8, 4) is 5.75 Å². The second-order valence-electron chi connectivity index (χ2n) is 5.78. The number of benzene rings is 1. The van der Waals surface area contributed by atoms with Crippen LogP contribution in [0.4, 0.5) is 0 Å². The van der Waals surface area contributed by atoms with Crippen LogP contribution in [0.2, 0.25) is 5.02 Å². The number of carbonyl (C=O) groups excluding carboxylic acids is 1. The summed E-state index contributed by atoms with van der Waals surface area (Å²) in [7, 11) is -2.34. The Hall–Kier alpha value is -1.31. The first-order valence-electron chi connectivity index (χ1n) is 8.01. The number of amides is 1. The quantitative estimate of drug-likeness (QED) is 0.795. The van der Waals surface area contributed by atoms with E-state index in [2.05, 4.69) is 5.32 Å². The SMILES string of the molecule is CCN(CC(=O)NC1CCCC1)S(=O)(=O)c1ccc(OC)c(Cl)c1. The van der Waals surface area contributed by atoms with Gasteiger partial charge in [-0.1, -0.05) is 31.4 Å². The Morgan fingerprint density at radius 1 is 1.38 bits per heavy atom. The number of rotatable bonds is 7. The third-order valence-corrected chi connectivity index (χ3v) is 6.37. The van der Waals surface area contributed by atoms with Gasteiger partial charge in [-0.25, -0.2) is 8.42 Å². The van der Waals surface area contributed by atoms with Crippen molar-refractivity contribution in [3.63, 3.8) is 0 Å². The topological polar surface area (TPSA) is 75.7 Å². The van der Waals surface area contributed by atoms with Crippen molar-refractivity contribution in [1.29, 1.82) is 0 Å². The van der Waals surface area contributed by atoms with Gasteiger partial charge in [0.15, 0.2) is 0 Å². The van der Waals surface area contributed by atoms with Crippen LogP contribution in [0.25, 0.3) is 0 Å². The molecule has 0 spiro atoms. The normalized spacial score (nSPS) is 15.7. The van der Waals surface area contributed by atoms with Gasteiger partial charge < -0.3 is 10.1 Å². The van der Waals surface area contributed by atoms with Crippen LogP contribution >= 0.6 is 11.6 Å². The molecule has 1 aromatic carbocycles. The summed E-state index contributed by atoms with van der Waals surface area (Å²) in [5.41, 5.74) is 0. The number of hydrogen-bond donors (Lipinski definition) is 1. The zero-order chi connectivity index (χ0) is 17.7. The van der Waals surface area contributed by atoms with Crippen molar-refractivity contribution in [2.75, 3.05) is 20.2 Å². The molecule has 1 aliphatic carbocycles. The maximum absolute atomic E-state index is 12.7. The maximum Gasteiger partial charge on any atom is 0.243 e. The zero-order valence-corrected chi connectivity index (χ0v) is 15.5. The van der Waals surface area contributed by atoms with E-state index in [0.717, 1.165) is 30.0 Å². The van der Waals surface area contributed by atoms with Gasteiger partial charge in [-0.3, -0.25) is 4.79 Å². The van der Waals surface area contributed by atoms with Gasteiger partial charge in [-0.2, -0.15) is 4.31 Å². The molecule has 0 atom stereocenters.